The van der Waals surface area contributed by atoms with Crippen molar-refractivity contribution in [3.63, 3.8) is 0 Å². The molecule has 0 aliphatic carbocycles. The number of rotatable bonds is 2. The maximum absolute atomic E-state index is 11.5. The molecule has 5 heteroatoms. The normalized spacial score (nSPS) is 10.9. The van der Waals surface area contributed by atoms with Crippen LogP contribution < -0.4 is 4.87 Å². The highest BCUT2D eigenvalue weighted by Gasteiger charge is 2.08. The summed E-state index contributed by atoms with van der Waals surface area (Å²) in [6, 6.07) is 9.03. The molecule has 0 aliphatic heterocycles. The van der Waals surface area contributed by atoms with E-state index in [1.807, 2.05) is 18.2 Å². The quantitative estimate of drug-likeness (QED) is 0.665. The minimum atomic E-state index is 0.00942. The van der Waals surface area contributed by atoms with Crippen LogP contribution in [0.2, 0.25) is 0 Å². The van der Waals surface area contributed by atoms with Gasteiger partial charge in [0.1, 0.15) is 5.76 Å². The van der Waals surface area contributed by atoms with Gasteiger partial charge in [-0.2, -0.15) is 0 Å². The zero-order chi connectivity index (χ0) is 12.7. The molecule has 0 saturated heterocycles. The molecule has 0 amide bonds. The van der Waals surface area contributed by atoms with Crippen molar-refractivity contribution < 1.29 is 9.21 Å². The van der Waals surface area contributed by atoms with Crippen LogP contribution in [0.5, 0.6) is 0 Å². The number of aryl methyl sites for hydroxylation is 1. The highest BCUT2D eigenvalue weighted by Crippen LogP contribution is 2.26. The minimum absolute atomic E-state index is 0.00942. The summed E-state index contributed by atoms with van der Waals surface area (Å²) in [6.45, 7) is 0. The third-order valence-electron chi connectivity index (χ3n) is 2.82. The molecule has 0 radical (unpaired) electrons. The van der Waals surface area contributed by atoms with E-state index in [2.05, 4.69) is 0 Å². The van der Waals surface area contributed by atoms with Crippen LogP contribution in [-0.4, -0.2) is 10.9 Å². The summed E-state index contributed by atoms with van der Waals surface area (Å²) in [4.78, 5) is 22.1. The first-order valence-corrected chi connectivity index (χ1v) is 6.15. The molecule has 0 aliphatic rings. The Bertz CT molecular complexity index is 794. The second-order valence-electron chi connectivity index (χ2n) is 3.93. The molecule has 1 aromatic carbocycles. The van der Waals surface area contributed by atoms with Gasteiger partial charge in [0, 0.05) is 12.6 Å². The molecule has 0 fully saturated rings. The molecular formula is C13H9NO3S. The van der Waals surface area contributed by atoms with Gasteiger partial charge >= 0.3 is 4.87 Å². The van der Waals surface area contributed by atoms with Crippen molar-refractivity contribution >= 4 is 27.8 Å². The van der Waals surface area contributed by atoms with E-state index in [0.717, 1.165) is 15.8 Å². The lowest BCUT2D eigenvalue weighted by atomic mass is 10.1. The second kappa shape index (κ2) is 3.96. The number of carbonyl (C=O) groups is 1. The Hall–Kier alpha value is -2.14. The third-order valence-corrected chi connectivity index (χ3v) is 3.83. The summed E-state index contributed by atoms with van der Waals surface area (Å²) in [7, 11) is 1.74. The first-order chi connectivity index (χ1) is 8.69. The number of aldehydes is 1. The standard InChI is InChI=1S/C13H9NO3S/c1-14-10-6-8(2-5-12(10)18-13(14)16)11-4-3-9(7-15)17-11/h2-7H,1H3. The Balaban J connectivity index is 2.20. The maximum Gasteiger partial charge on any atom is 0.307 e. The molecule has 0 bridgehead atoms. The zero-order valence-electron chi connectivity index (χ0n) is 9.54. The van der Waals surface area contributed by atoms with Crippen molar-refractivity contribution in [3.05, 3.63) is 45.8 Å². The number of carbonyl (C=O) groups excluding carboxylic acids is 1. The van der Waals surface area contributed by atoms with E-state index in [1.54, 1.807) is 23.7 Å². The molecule has 3 rings (SSSR count). The Morgan fingerprint density at radius 1 is 1.28 bits per heavy atom. The molecule has 0 unspecified atom stereocenters. The molecule has 0 atom stereocenters. The van der Waals surface area contributed by atoms with Gasteiger partial charge in [-0.1, -0.05) is 11.3 Å². The highest BCUT2D eigenvalue weighted by molar-refractivity contribution is 7.16. The average Bonchev–Trinajstić information content (AvgIpc) is 2.96. The Morgan fingerprint density at radius 3 is 2.83 bits per heavy atom. The van der Waals surface area contributed by atoms with Gasteiger partial charge in [-0.3, -0.25) is 9.59 Å². The monoisotopic (exact) mass is 259 g/mol. The molecule has 0 saturated carbocycles. The molecule has 2 heterocycles. The van der Waals surface area contributed by atoms with Gasteiger partial charge < -0.3 is 8.98 Å². The fourth-order valence-corrected chi connectivity index (χ4v) is 2.71. The van der Waals surface area contributed by atoms with E-state index < -0.39 is 0 Å². The van der Waals surface area contributed by atoms with Gasteiger partial charge in [0.05, 0.1) is 10.2 Å². The topological polar surface area (TPSA) is 52.2 Å². The smallest absolute Gasteiger partial charge is 0.307 e. The summed E-state index contributed by atoms with van der Waals surface area (Å²) >= 11 is 1.21. The molecule has 0 spiro atoms. The summed E-state index contributed by atoms with van der Waals surface area (Å²) in [5.74, 6) is 0.918. The van der Waals surface area contributed by atoms with Crippen molar-refractivity contribution in [3.8, 4) is 11.3 Å². The zero-order valence-corrected chi connectivity index (χ0v) is 10.4. The van der Waals surface area contributed by atoms with E-state index in [4.69, 9.17) is 4.42 Å². The first kappa shape index (κ1) is 11.0. The van der Waals surface area contributed by atoms with E-state index in [9.17, 15) is 9.59 Å². The van der Waals surface area contributed by atoms with Gasteiger partial charge in [0.2, 0.25) is 0 Å². The molecule has 2 aromatic heterocycles. The van der Waals surface area contributed by atoms with Crippen LogP contribution in [0.25, 0.3) is 21.5 Å². The van der Waals surface area contributed by atoms with Crippen LogP contribution in [-0.2, 0) is 7.05 Å². The van der Waals surface area contributed by atoms with Crippen LogP contribution in [0, 0.1) is 0 Å². The fraction of sp³-hybridized carbons (Fsp3) is 0.0769. The van der Waals surface area contributed by atoms with Gasteiger partial charge in [0.25, 0.3) is 0 Å². The van der Waals surface area contributed by atoms with Crippen molar-refractivity contribution in [2.75, 3.05) is 0 Å². The summed E-state index contributed by atoms with van der Waals surface area (Å²) in [5.41, 5.74) is 1.72. The lowest BCUT2D eigenvalue weighted by Crippen LogP contribution is -2.06. The van der Waals surface area contributed by atoms with Crippen LogP contribution in [0.1, 0.15) is 10.6 Å². The number of fused-ring (bicyclic) bond motifs is 1. The molecule has 90 valence electrons. The minimum Gasteiger partial charge on any atom is -0.453 e. The molecule has 0 N–H and O–H groups in total. The van der Waals surface area contributed by atoms with E-state index in [0.29, 0.717) is 17.8 Å². The van der Waals surface area contributed by atoms with Gasteiger partial charge in [0.15, 0.2) is 12.0 Å². The van der Waals surface area contributed by atoms with Crippen molar-refractivity contribution in [2.24, 2.45) is 7.05 Å². The predicted molar refractivity (Wildman–Crippen MR) is 70.2 cm³/mol. The number of hydrogen-bond acceptors (Lipinski definition) is 4. The Kier molecular flexibility index (Phi) is 2.41. The van der Waals surface area contributed by atoms with E-state index in [-0.39, 0.29) is 4.87 Å². The van der Waals surface area contributed by atoms with Crippen LogP contribution in [0.3, 0.4) is 0 Å². The predicted octanol–water partition coefficient (Wildman–Crippen LogP) is 2.67. The van der Waals surface area contributed by atoms with Crippen molar-refractivity contribution in [1.82, 2.24) is 4.57 Å². The SMILES string of the molecule is Cn1c(=O)sc2ccc(-c3ccc(C=O)o3)cc21. The van der Waals surface area contributed by atoms with E-state index in [1.165, 1.54) is 11.3 Å². The summed E-state index contributed by atoms with van der Waals surface area (Å²) in [5, 5.41) is 0. The van der Waals surface area contributed by atoms with Crippen LogP contribution >= 0.6 is 11.3 Å². The van der Waals surface area contributed by atoms with Crippen molar-refractivity contribution in [2.45, 2.75) is 0 Å². The summed E-state index contributed by atoms with van der Waals surface area (Å²) < 4.78 is 7.90. The number of hydrogen-bond donors (Lipinski definition) is 0. The average molecular weight is 259 g/mol. The maximum atomic E-state index is 11.5. The van der Waals surface area contributed by atoms with Gasteiger partial charge in [-0.05, 0) is 30.3 Å². The highest BCUT2D eigenvalue weighted by atomic mass is 32.1. The Labute approximate surface area is 106 Å². The lowest BCUT2D eigenvalue weighted by molar-refractivity contribution is 0.110. The molecule has 3 aromatic rings. The number of furan rings is 1. The largest absolute Gasteiger partial charge is 0.453 e. The number of nitrogens with zero attached hydrogens (tertiary/aromatic N) is 1. The number of benzene rings is 1. The van der Waals surface area contributed by atoms with Gasteiger partial charge in [-0.15, -0.1) is 0 Å². The van der Waals surface area contributed by atoms with Crippen molar-refractivity contribution in [1.29, 1.82) is 0 Å². The summed E-state index contributed by atoms with van der Waals surface area (Å²) in [6.07, 6.45) is 0.669. The van der Waals surface area contributed by atoms with Gasteiger partial charge in [-0.25, -0.2) is 0 Å². The molecule has 4 nitrogen and oxygen atoms in total. The molecular weight excluding hydrogens is 250 g/mol. The third kappa shape index (κ3) is 1.60. The number of aromatic nitrogens is 1. The molecule has 18 heavy (non-hydrogen) atoms. The fourth-order valence-electron chi connectivity index (χ4n) is 1.85. The lowest BCUT2D eigenvalue weighted by Gasteiger charge is -1.98. The first-order valence-electron chi connectivity index (χ1n) is 5.34. The van der Waals surface area contributed by atoms with Crippen LogP contribution in [0.15, 0.2) is 39.5 Å². The van der Waals surface area contributed by atoms with E-state index >= 15 is 0 Å². The number of thiazole rings is 1. The Morgan fingerprint density at radius 2 is 2.11 bits per heavy atom. The second-order valence-corrected chi connectivity index (χ2v) is 4.92. The van der Waals surface area contributed by atoms with Crippen LogP contribution in [0.4, 0.5) is 0 Å².